The van der Waals surface area contributed by atoms with Gasteiger partial charge in [0.15, 0.2) is 0 Å². The number of rotatable bonds is 4. The molecule has 2 aromatic carbocycles. The second-order valence-corrected chi connectivity index (χ2v) is 6.79. The highest BCUT2D eigenvalue weighted by atomic mass is 16.5. The molecule has 0 amide bonds. The van der Waals surface area contributed by atoms with E-state index in [9.17, 15) is 0 Å². The van der Waals surface area contributed by atoms with Crippen LogP contribution in [0.1, 0.15) is 16.8 Å². The molecule has 4 rings (SSSR count). The summed E-state index contributed by atoms with van der Waals surface area (Å²) in [5.41, 5.74) is 17.9. The van der Waals surface area contributed by atoms with E-state index in [1.807, 2.05) is 24.3 Å². The van der Waals surface area contributed by atoms with Gasteiger partial charge in [0.05, 0.1) is 35.8 Å². The predicted molar refractivity (Wildman–Crippen MR) is 106 cm³/mol. The highest BCUT2D eigenvalue weighted by Gasteiger charge is 2.13. The Kier molecular flexibility index (Phi) is 4.73. The number of pyridine rings is 1. The third kappa shape index (κ3) is 3.49. The number of aromatic nitrogens is 1. The number of benzene rings is 2. The summed E-state index contributed by atoms with van der Waals surface area (Å²) in [6.45, 7) is 4.55. The van der Waals surface area contributed by atoms with Crippen LogP contribution in [-0.4, -0.2) is 36.2 Å². The topological polar surface area (TPSA) is 77.4 Å². The number of fused-ring (bicyclic) bond motifs is 1. The van der Waals surface area contributed by atoms with Crippen LogP contribution in [0.25, 0.3) is 10.9 Å². The second kappa shape index (κ2) is 7.32. The number of hydrogen-bond donors (Lipinski definition) is 2. The molecule has 1 aromatic heterocycles. The Morgan fingerprint density at radius 2 is 1.69 bits per heavy atom. The molecule has 0 saturated carbocycles. The molecule has 2 heterocycles. The van der Waals surface area contributed by atoms with Crippen molar-refractivity contribution in [2.75, 3.05) is 37.8 Å². The van der Waals surface area contributed by atoms with Crippen LogP contribution in [0.3, 0.4) is 0 Å². The Morgan fingerprint density at radius 1 is 0.923 bits per heavy atom. The van der Waals surface area contributed by atoms with Crippen molar-refractivity contribution in [3.8, 4) is 0 Å². The SMILES string of the molecule is Nc1c(Cc2cccc(CN3CCOCC3)c2)nc2ccccc2c1N. The smallest absolute Gasteiger partial charge is 0.0777 e. The van der Waals surface area contributed by atoms with Crippen LogP contribution < -0.4 is 11.5 Å². The largest absolute Gasteiger partial charge is 0.396 e. The number of nitrogens with two attached hydrogens (primary N) is 2. The highest BCUT2D eigenvalue weighted by Crippen LogP contribution is 2.29. The molecule has 1 aliphatic heterocycles. The van der Waals surface area contributed by atoms with Crippen LogP contribution in [0.5, 0.6) is 0 Å². The zero-order valence-corrected chi connectivity index (χ0v) is 14.8. The molecule has 0 unspecified atom stereocenters. The summed E-state index contributed by atoms with van der Waals surface area (Å²) in [4.78, 5) is 7.16. The molecular weight excluding hydrogens is 324 g/mol. The molecule has 1 fully saturated rings. The van der Waals surface area contributed by atoms with Gasteiger partial charge in [-0.05, 0) is 17.2 Å². The first-order valence-electron chi connectivity index (χ1n) is 9.01. The van der Waals surface area contributed by atoms with E-state index in [-0.39, 0.29) is 0 Å². The van der Waals surface area contributed by atoms with Crippen molar-refractivity contribution >= 4 is 22.3 Å². The summed E-state index contributed by atoms with van der Waals surface area (Å²) in [6.07, 6.45) is 0.678. The van der Waals surface area contributed by atoms with E-state index in [0.29, 0.717) is 17.8 Å². The molecule has 134 valence electrons. The number of morpholine rings is 1. The zero-order chi connectivity index (χ0) is 17.9. The van der Waals surface area contributed by atoms with Crippen LogP contribution in [0, 0.1) is 0 Å². The average Bonchev–Trinajstić information content (AvgIpc) is 2.67. The van der Waals surface area contributed by atoms with Crippen molar-refractivity contribution in [3.05, 3.63) is 65.4 Å². The van der Waals surface area contributed by atoms with Gasteiger partial charge < -0.3 is 16.2 Å². The third-order valence-electron chi connectivity index (χ3n) is 4.92. The van der Waals surface area contributed by atoms with E-state index in [4.69, 9.17) is 21.2 Å². The molecule has 4 N–H and O–H groups in total. The average molecular weight is 348 g/mol. The van der Waals surface area contributed by atoms with E-state index in [1.54, 1.807) is 0 Å². The second-order valence-electron chi connectivity index (χ2n) is 6.79. The van der Waals surface area contributed by atoms with Crippen molar-refractivity contribution in [2.24, 2.45) is 0 Å². The van der Waals surface area contributed by atoms with Gasteiger partial charge in [-0.2, -0.15) is 0 Å². The molecule has 1 saturated heterocycles. The summed E-state index contributed by atoms with van der Waals surface area (Å²) in [5, 5.41) is 0.912. The molecule has 0 spiro atoms. The molecule has 5 heteroatoms. The summed E-state index contributed by atoms with van der Waals surface area (Å²) in [6, 6.07) is 16.5. The molecular formula is C21H24N4O. The monoisotopic (exact) mass is 348 g/mol. The van der Waals surface area contributed by atoms with Gasteiger partial charge in [0.25, 0.3) is 0 Å². The fourth-order valence-corrected chi connectivity index (χ4v) is 3.49. The first-order chi connectivity index (χ1) is 12.7. The molecule has 0 aliphatic carbocycles. The lowest BCUT2D eigenvalue weighted by atomic mass is 10.0. The Labute approximate surface area is 153 Å². The van der Waals surface area contributed by atoms with E-state index < -0.39 is 0 Å². The summed E-state index contributed by atoms with van der Waals surface area (Å²) in [5.74, 6) is 0. The van der Waals surface area contributed by atoms with Crippen molar-refractivity contribution in [1.29, 1.82) is 0 Å². The molecule has 3 aromatic rings. The number of anilines is 2. The Balaban J connectivity index is 1.58. The van der Waals surface area contributed by atoms with Crippen molar-refractivity contribution < 1.29 is 4.74 Å². The number of nitrogens with zero attached hydrogens (tertiary/aromatic N) is 2. The lowest BCUT2D eigenvalue weighted by Crippen LogP contribution is -2.35. The van der Waals surface area contributed by atoms with E-state index in [1.165, 1.54) is 11.1 Å². The minimum atomic E-state index is 0.585. The molecule has 0 atom stereocenters. The number of ether oxygens (including phenoxy) is 1. The summed E-state index contributed by atoms with van der Waals surface area (Å²) in [7, 11) is 0. The lowest BCUT2D eigenvalue weighted by Gasteiger charge is -2.26. The first kappa shape index (κ1) is 16.8. The fourth-order valence-electron chi connectivity index (χ4n) is 3.49. The van der Waals surface area contributed by atoms with Crippen LogP contribution in [0.2, 0.25) is 0 Å². The molecule has 26 heavy (non-hydrogen) atoms. The van der Waals surface area contributed by atoms with Crippen LogP contribution in [-0.2, 0) is 17.7 Å². The molecule has 0 bridgehead atoms. The third-order valence-corrected chi connectivity index (χ3v) is 4.92. The quantitative estimate of drug-likeness (QED) is 0.758. The lowest BCUT2D eigenvalue weighted by molar-refractivity contribution is 0.0342. The minimum Gasteiger partial charge on any atom is -0.396 e. The Morgan fingerprint density at radius 3 is 2.54 bits per heavy atom. The maximum atomic E-state index is 6.27. The number of nitrogen functional groups attached to an aromatic ring is 2. The van der Waals surface area contributed by atoms with Crippen LogP contribution >= 0.6 is 0 Å². The summed E-state index contributed by atoms with van der Waals surface area (Å²) >= 11 is 0. The number of hydrogen-bond acceptors (Lipinski definition) is 5. The highest BCUT2D eigenvalue weighted by molar-refractivity contribution is 5.96. The fraction of sp³-hybridized carbons (Fsp3) is 0.286. The van der Waals surface area contributed by atoms with Crippen molar-refractivity contribution in [1.82, 2.24) is 9.88 Å². The first-order valence-corrected chi connectivity index (χ1v) is 9.01. The molecule has 5 nitrogen and oxygen atoms in total. The van der Waals surface area contributed by atoms with E-state index in [2.05, 4.69) is 29.2 Å². The normalized spacial score (nSPS) is 15.4. The number of para-hydroxylation sites is 1. The van der Waals surface area contributed by atoms with Gasteiger partial charge in [0.2, 0.25) is 0 Å². The van der Waals surface area contributed by atoms with Gasteiger partial charge in [0.1, 0.15) is 0 Å². The van der Waals surface area contributed by atoms with Crippen molar-refractivity contribution in [3.63, 3.8) is 0 Å². The van der Waals surface area contributed by atoms with Gasteiger partial charge in [-0.1, -0.05) is 42.5 Å². The van der Waals surface area contributed by atoms with Crippen LogP contribution in [0.15, 0.2) is 48.5 Å². The molecule has 0 radical (unpaired) electrons. The van der Waals surface area contributed by atoms with E-state index in [0.717, 1.165) is 49.4 Å². The Hall–Kier alpha value is -2.63. The predicted octanol–water partition coefficient (Wildman–Crippen LogP) is 2.82. The zero-order valence-electron chi connectivity index (χ0n) is 14.8. The maximum Gasteiger partial charge on any atom is 0.0777 e. The molecule has 1 aliphatic rings. The van der Waals surface area contributed by atoms with Gasteiger partial charge >= 0.3 is 0 Å². The standard InChI is InChI=1S/C21H24N4O/c22-20-17-6-1-2-7-18(17)24-19(21(20)23)13-15-4-3-5-16(12-15)14-25-8-10-26-11-9-25/h1-7,12H,8-11,13-14,23H2,(H2,22,24). The van der Waals surface area contributed by atoms with Crippen LogP contribution in [0.4, 0.5) is 11.4 Å². The van der Waals surface area contributed by atoms with Gasteiger partial charge in [0, 0.05) is 31.4 Å². The van der Waals surface area contributed by atoms with Crippen molar-refractivity contribution in [2.45, 2.75) is 13.0 Å². The maximum absolute atomic E-state index is 6.27. The van der Waals surface area contributed by atoms with E-state index >= 15 is 0 Å². The van der Waals surface area contributed by atoms with Gasteiger partial charge in [-0.25, -0.2) is 0 Å². The minimum absolute atomic E-state index is 0.585. The van der Waals surface area contributed by atoms with Gasteiger partial charge in [-0.3, -0.25) is 9.88 Å². The Bertz CT molecular complexity index is 919. The summed E-state index contributed by atoms with van der Waals surface area (Å²) < 4.78 is 5.42. The van der Waals surface area contributed by atoms with Gasteiger partial charge in [-0.15, -0.1) is 0 Å².